The second-order valence-corrected chi connectivity index (χ2v) is 12.0. The van der Waals surface area contributed by atoms with Crippen LogP contribution in [0, 0.1) is 0 Å². The number of nitrogens with one attached hydrogen (secondary N) is 1. The van der Waals surface area contributed by atoms with Crippen LogP contribution >= 0.6 is 23.2 Å². The molecule has 2 aliphatic heterocycles. The minimum atomic E-state index is -3.71. The number of amides is 2. The Morgan fingerprint density at radius 2 is 1.82 bits per heavy atom. The fourth-order valence-electron chi connectivity index (χ4n) is 4.81. The first-order chi connectivity index (χ1) is 18.0. The molecular weight excluding hydrogens is 551 g/mol. The van der Waals surface area contributed by atoms with Crippen LogP contribution in [-0.4, -0.2) is 80.4 Å². The first-order valence-electron chi connectivity index (χ1n) is 12.2. The molecule has 1 N–H and O–H groups in total. The van der Waals surface area contributed by atoms with E-state index >= 15 is 0 Å². The zero-order valence-corrected chi connectivity index (χ0v) is 23.7. The van der Waals surface area contributed by atoms with Gasteiger partial charge in [-0.15, -0.1) is 0 Å². The SMILES string of the molecule is CCOC(=O)C1=C(CN2CCN(S(=O)(=O)c3ccc(Cl)cc3)C(C)C2)N(C)C(=O)NC1c1cccc(Cl)c1. The number of rotatable bonds is 7. The molecule has 2 heterocycles. The highest BCUT2D eigenvalue weighted by atomic mass is 35.5. The molecule has 1 fully saturated rings. The number of nitrogens with zero attached hydrogens (tertiary/aromatic N) is 3. The maximum absolute atomic E-state index is 13.3. The topological polar surface area (TPSA) is 99.3 Å². The molecule has 0 aliphatic carbocycles. The summed E-state index contributed by atoms with van der Waals surface area (Å²) in [6, 6.07) is 11.6. The molecule has 2 aromatic carbocycles. The standard InChI is InChI=1S/C26H30Cl2N4O5S/c1-4-37-25(33)23-22(30(3)26(34)29-24(23)18-6-5-7-20(28)14-18)16-31-12-13-32(17(2)15-31)38(35,36)21-10-8-19(27)9-11-21/h5-11,14,17,24H,4,12-13,15-16H2,1-3H3,(H,29,34). The summed E-state index contributed by atoms with van der Waals surface area (Å²) in [6.07, 6.45) is 0. The van der Waals surface area contributed by atoms with Gasteiger partial charge in [-0.1, -0.05) is 35.3 Å². The van der Waals surface area contributed by atoms with Crippen molar-refractivity contribution in [1.29, 1.82) is 0 Å². The zero-order valence-electron chi connectivity index (χ0n) is 21.4. The van der Waals surface area contributed by atoms with E-state index in [1.165, 1.54) is 21.3 Å². The van der Waals surface area contributed by atoms with Gasteiger partial charge in [-0.2, -0.15) is 4.31 Å². The summed E-state index contributed by atoms with van der Waals surface area (Å²) >= 11 is 12.1. The van der Waals surface area contributed by atoms with Gasteiger partial charge in [0.05, 0.1) is 23.1 Å². The number of carbonyl (C=O) groups is 2. The van der Waals surface area contributed by atoms with E-state index in [2.05, 4.69) is 5.32 Å². The average molecular weight is 582 g/mol. The van der Waals surface area contributed by atoms with Gasteiger partial charge in [-0.3, -0.25) is 9.80 Å². The Hall–Kier alpha value is -2.63. The normalized spacial score (nSPS) is 21.4. The third-order valence-corrected chi connectivity index (χ3v) is 9.21. The van der Waals surface area contributed by atoms with Crippen molar-refractivity contribution in [2.24, 2.45) is 0 Å². The molecule has 2 atom stereocenters. The fraction of sp³-hybridized carbons (Fsp3) is 0.385. The molecule has 0 spiro atoms. The minimum absolute atomic E-state index is 0.174. The average Bonchev–Trinajstić information content (AvgIpc) is 2.87. The number of sulfonamides is 1. The Balaban J connectivity index is 1.62. The third kappa shape index (κ3) is 5.84. The van der Waals surface area contributed by atoms with Crippen molar-refractivity contribution < 1.29 is 22.7 Å². The van der Waals surface area contributed by atoms with Crippen molar-refractivity contribution in [3.05, 3.63) is 75.4 Å². The lowest BCUT2D eigenvalue weighted by Gasteiger charge is -2.41. The Kier molecular flexibility index (Phi) is 8.68. The monoisotopic (exact) mass is 580 g/mol. The number of halogens is 2. The molecule has 12 heteroatoms. The van der Waals surface area contributed by atoms with Gasteiger partial charge in [0.1, 0.15) is 0 Å². The van der Waals surface area contributed by atoms with Gasteiger partial charge >= 0.3 is 12.0 Å². The number of hydrogen-bond donors (Lipinski definition) is 1. The maximum atomic E-state index is 13.3. The molecule has 2 unspecified atom stereocenters. The molecule has 9 nitrogen and oxygen atoms in total. The third-order valence-electron chi connectivity index (χ3n) is 6.70. The molecule has 4 rings (SSSR count). The van der Waals surface area contributed by atoms with E-state index in [4.69, 9.17) is 27.9 Å². The van der Waals surface area contributed by atoms with Crippen LogP contribution in [-0.2, 0) is 19.6 Å². The molecule has 0 bridgehead atoms. The molecular formula is C26H30Cl2N4O5S. The lowest BCUT2D eigenvalue weighted by molar-refractivity contribution is -0.139. The smallest absolute Gasteiger partial charge is 0.338 e. The van der Waals surface area contributed by atoms with Crippen LogP contribution in [0.15, 0.2) is 64.7 Å². The fourth-order valence-corrected chi connectivity index (χ4v) is 6.74. The van der Waals surface area contributed by atoms with Crippen LogP contribution in [0.25, 0.3) is 0 Å². The first kappa shape index (κ1) is 28.4. The van der Waals surface area contributed by atoms with Crippen molar-refractivity contribution >= 4 is 45.2 Å². The molecule has 2 aliphatic rings. The van der Waals surface area contributed by atoms with Gasteiger partial charge in [0.2, 0.25) is 10.0 Å². The predicted octanol–water partition coefficient (Wildman–Crippen LogP) is 3.90. The van der Waals surface area contributed by atoms with Crippen molar-refractivity contribution in [2.75, 3.05) is 39.8 Å². The summed E-state index contributed by atoms with van der Waals surface area (Å²) < 4.78 is 33.4. The van der Waals surface area contributed by atoms with Crippen LogP contribution in [0.3, 0.4) is 0 Å². The lowest BCUT2D eigenvalue weighted by atomic mass is 9.94. The quantitative estimate of drug-likeness (QED) is 0.498. The highest BCUT2D eigenvalue weighted by Gasteiger charge is 2.39. The first-order valence-corrected chi connectivity index (χ1v) is 14.4. The molecule has 1 saturated heterocycles. The van der Waals surface area contributed by atoms with Crippen LogP contribution in [0.5, 0.6) is 0 Å². The molecule has 0 saturated carbocycles. The van der Waals surface area contributed by atoms with Crippen molar-refractivity contribution in [3.8, 4) is 0 Å². The van der Waals surface area contributed by atoms with E-state index in [1.807, 2.05) is 11.8 Å². The summed E-state index contributed by atoms with van der Waals surface area (Å²) in [5.41, 5.74) is 1.48. The number of carbonyl (C=O) groups excluding carboxylic acids is 2. The summed E-state index contributed by atoms with van der Waals surface area (Å²) in [4.78, 5) is 29.8. The minimum Gasteiger partial charge on any atom is -0.463 e. The van der Waals surface area contributed by atoms with Gasteiger partial charge in [0.25, 0.3) is 0 Å². The predicted molar refractivity (Wildman–Crippen MR) is 145 cm³/mol. The van der Waals surface area contributed by atoms with Crippen LogP contribution in [0.4, 0.5) is 4.79 Å². The van der Waals surface area contributed by atoms with Crippen LogP contribution in [0.1, 0.15) is 25.5 Å². The van der Waals surface area contributed by atoms with Crippen molar-refractivity contribution in [3.63, 3.8) is 0 Å². The second-order valence-electron chi connectivity index (χ2n) is 9.23. The number of benzene rings is 2. The molecule has 2 aromatic rings. The van der Waals surface area contributed by atoms with E-state index in [1.54, 1.807) is 50.4 Å². The number of piperazine rings is 1. The number of esters is 1. The van der Waals surface area contributed by atoms with E-state index in [0.717, 1.165) is 0 Å². The zero-order chi connectivity index (χ0) is 27.6. The summed E-state index contributed by atoms with van der Waals surface area (Å²) in [5, 5.41) is 3.82. The molecule has 0 aromatic heterocycles. The number of ether oxygens (including phenoxy) is 1. The Morgan fingerprint density at radius 3 is 2.45 bits per heavy atom. The molecule has 204 valence electrons. The van der Waals surface area contributed by atoms with Gasteiger partial charge < -0.3 is 10.1 Å². The Labute approximate surface area is 233 Å². The molecule has 38 heavy (non-hydrogen) atoms. The van der Waals surface area contributed by atoms with Crippen molar-refractivity contribution in [1.82, 2.24) is 19.4 Å². The molecule has 0 radical (unpaired) electrons. The van der Waals surface area contributed by atoms with E-state index in [0.29, 0.717) is 40.0 Å². The largest absolute Gasteiger partial charge is 0.463 e. The number of likely N-dealkylation sites (N-methyl/N-ethyl adjacent to an activating group) is 1. The van der Waals surface area contributed by atoms with Crippen LogP contribution in [0.2, 0.25) is 10.0 Å². The number of urea groups is 1. The van der Waals surface area contributed by atoms with Gasteiger partial charge in [-0.25, -0.2) is 18.0 Å². The second kappa shape index (κ2) is 11.6. The molecule has 2 amide bonds. The summed E-state index contributed by atoms with van der Waals surface area (Å²) in [5.74, 6) is -0.531. The maximum Gasteiger partial charge on any atom is 0.338 e. The highest BCUT2D eigenvalue weighted by Crippen LogP contribution is 2.33. The Morgan fingerprint density at radius 1 is 1.11 bits per heavy atom. The lowest BCUT2D eigenvalue weighted by Crippen LogP contribution is -2.56. The number of hydrogen-bond acceptors (Lipinski definition) is 6. The van der Waals surface area contributed by atoms with Crippen LogP contribution < -0.4 is 5.32 Å². The van der Waals surface area contributed by atoms with E-state index < -0.39 is 22.0 Å². The van der Waals surface area contributed by atoms with E-state index in [9.17, 15) is 18.0 Å². The van der Waals surface area contributed by atoms with Crippen molar-refractivity contribution in [2.45, 2.75) is 30.8 Å². The van der Waals surface area contributed by atoms with Gasteiger partial charge in [0, 0.05) is 55.0 Å². The van der Waals surface area contributed by atoms with Gasteiger partial charge in [0.15, 0.2) is 0 Å². The highest BCUT2D eigenvalue weighted by molar-refractivity contribution is 7.89. The van der Waals surface area contributed by atoms with Gasteiger partial charge in [-0.05, 0) is 55.8 Å². The Bertz CT molecular complexity index is 1350. The van der Waals surface area contributed by atoms with E-state index in [-0.39, 0.29) is 36.7 Å². The summed E-state index contributed by atoms with van der Waals surface area (Å²) in [6.45, 7) is 5.06. The summed E-state index contributed by atoms with van der Waals surface area (Å²) in [7, 11) is -2.11.